The summed E-state index contributed by atoms with van der Waals surface area (Å²) in [6.45, 7) is 8.87. The van der Waals surface area contributed by atoms with E-state index in [1.165, 1.54) is 6.07 Å². The number of likely N-dealkylation sites (N-methyl/N-ethyl adjacent to an activating group) is 1. The van der Waals surface area contributed by atoms with E-state index in [9.17, 15) is 4.39 Å². The third-order valence-electron chi connectivity index (χ3n) is 2.90. The second kappa shape index (κ2) is 8.12. The van der Waals surface area contributed by atoms with Crippen molar-refractivity contribution in [1.82, 2.24) is 5.32 Å². The molecule has 1 N–H and O–H groups in total. The highest BCUT2D eigenvalue weighted by atomic mass is 19.1. The zero-order chi connectivity index (χ0) is 14.3. The van der Waals surface area contributed by atoms with Crippen molar-refractivity contribution >= 4 is 5.69 Å². The maximum Gasteiger partial charge on any atom is 0.146 e. The Morgan fingerprint density at radius 1 is 1.37 bits per heavy atom. The standard InChI is InChI=1S/C15H25FN2O/c1-5-17-11-13-7-6-8-14(16)15(13)18(4)9-10-19-12(2)3/h6-8,12,17H,5,9-11H2,1-4H3. The van der Waals surface area contributed by atoms with Crippen LogP contribution in [0.4, 0.5) is 10.1 Å². The molecule has 1 aromatic carbocycles. The molecule has 0 amide bonds. The minimum absolute atomic E-state index is 0.178. The molecule has 0 saturated carbocycles. The van der Waals surface area contributed by atoms with Crippen LogP contribution in [0.15, 0.2) is 18.2 Å². The van der Waals surface area contributed by atoms with Crippen LogP contribution >= 0.6 is 0 Å². The second-order valence-corrected chi connectivity index (χ2v) is 4.87. The molecule has 0 heterocycles. The molecule has 0 aliphatic carbocycles. The fraction of sp³-hybridized carbons (Fsp3) is 0.600. The van der Waals surface area contributed by atoms with Crippen molar-refractivity contribution in [3.05, 3.63) is 29.6 Å². The Morgan fingerprint density at radius 3 is 2.74 bits per heavy atom. The molecule has 1 rings (SSSR count). The van der Waals surface area contributed by atoms with Gasteiger partial charge in [0.2, 0.25) is 0 Å². The molecule has 0 spiro atoms. The van der Waals surface area contributed by atoms with Gasteiger partial charge >= 0.3 is 0 Å². The van der Waals surface area contributed by atoms with E-state index >= 15 is 0 Å². The van der Waals surface area contributed by atoms with Crippen LogP contribution in [0, 0.1) is 5.82 Å². The molecule has 3 nitrogen and oxygen atoms in total. The van der Waals surface area contributed by atoms with Crippen LogP contribution in [-0.2, 0) is 11.3 Å². The van der Waals surface area contributed by atoms with Crippen molar-refractivity contribution in [2.24, 2.45) is 0 Å². The number of nitrogens with one attached hydrogen (secondary N) is 1. The monoisotopic (exact) mass is 268 g/mol. The van der Waals surface area contributed by atoms with Gasteiger partial charge in [-0.3, -0.25) is 0 Å². The van der Waals surface area contributed by atoms with Gasteiger partial charge < -0.3 is 15.0 Å². The van der Waals surface area contributed by atoms with E-state index in [0.717, 1.165) is 12.1 Å². The van der Waals surface area contributed by atoms with Gasteiger partial charge in [0.15, 0.2) is 0 Å². The summed E-state index contributed by atoms with van der Waals surface area (Å²) in [6.07, 6.45) is 0.204. The van der Waals surface area contributed by atoms with Crippen LogP contribution in [0.1, 0.15) is 26.3 Å². The predicted molar refractivity (Wildman–Crippen MR) is 78.1 cm³/mol. The number of hydrogen-bond acceptors (Lipinski definition) is 3. The average Bonchev–Trinajstić information content (AvgIpc) is 2.35. The molecule has 0 atom stereocenters. The maximum atomic E-state index is 14.0. The lowest BCUT2D eigenvalue weighted by Gasteiger charge is -2.23. The van der Waals surface area contributed by atoms with Crippen LogP contribution in [0.2, 0.25) is 0 Å². The zero-order valence-corrected chi connectivity index (χ0v) is 12.4. The second-order valence-electron chi connectivity index (χ2n) is 4.87. The molecular weight excluding hydrogens is 243 g/mol. The van der Waals surface area contributed by atoms with Crippen molar-refractivity contribution in [1.29, 1.82) is 0 Å². The number of para-hydroxylation sites is 1. The number of hydrogen-bond donors (Lipinski definition) is 1. The molecule has 0 aliphatic heterocycles. The normalized spacial score (nSPS) is 11.1. The summed E-state index contributed by atoms with van der Waals surface area (Å²) >= 11 is 0. The van der Waals surface area contributed by atoms with Crippen molar-refractivity contribution in [2.45, 2.75) is 33.4 Å². The minimum atomic E-state index is -0.178. The van der Waals surface area contributed by atoms with Gasteiger partial charge in [-0.25, -0.2) is 4.39 Å². The van der Waals surface area contributed by atoms with Gasteiger partial charge in [0.05, 0.1) is 18.4 Å². The lowest BCUT2D eigenvalue weighted by Crippen LogP contribution is -2.27. The molecule has 0 aromatic heterocycles. The van der Waals surface area contributed by atoms with Crippen molar-refractivity contribution in [3.8, 4) is 0 Å². The highest BCUT2D eigenvalue weighted by Crippen LogP contribution is 2.23. The largest absolute Gasteiger partial charge is 0.377 e. The number of nitrogens with zero attached hydrogens (tertiary/aromatic N) is 1. The third-order valence-corrected chi connectivity index (χ3v) is 2.90. The van der Waals surface area contributed by atoms with E-state index in [1.54, 1.807) is 6.07 Å². The smallest absolute Gasteiger partial charge is 0.146 e. The SMILES string of the molecule is CCNCc1cccc(F)c1N(C)CCOC(C)C. The zero-order valence-electron chi connectivity index (χ0n) is 12.4. The number of rotatable bonds is 8. The summed E-state index contributed by atoms with van der Waals surface area (Å²) in [4.78, 5) is 1.92. The Balaban J connectivity index is 2.73. The first-order valence-electron chi connectivity index (χ1n) is 6.87. The summed E-state index contributed by atoms with van der Waals surface area (Å²) in [5, 5.41) is 3.24. The molecule has 0 saturated heterocycles. The van der Waals surface area contributed by atoms with Crippen molar-refractivity contribution in [3.63, 3.8) is 0 Å². The Morgan fingerprint density at radius 2 is 2.11 bits per heavy atom. The van der Waals surface area contributed by atoms with E-state index in [0.29, 0.717) is 25.4 Å². The summed E-state index contributed by atoms with van der Waals surface area (Å²) in [6, 6.07) is 5.22. The molecule has 0 aliphatic rings. The van der Waals surface area contributed by atoms with E-state index in [4.69, 9.17) is 4.74 Å². The van der Waals surface area contributed by atoms with E-state index in [1.807, 2.05) is 38.8 Å². The molecule has 4 heteroatoms. The van der Waals surface area contributed by atoms with Crippen LogP contribution in [0.25, 0.3) is 0 Å². The van der Waals surface area contributed by atoms with Crippen LogP contribution < -0.4 is 10.2 Å². The summed E-state index contributed by atoms with van der Waals surface area (Å²) in [7, 11) is 1.90. The Labute approximate surface area is 115 Å². The van der Waals surface area contributed by atoms with Gasteiger partial charge in [-0.2, -0.15) is 0 Å². The molecular formula is C15H25FN2O. The third kappa shape index (κ3) is 5.17. The Kier molecular flexibility index (Phi) is 6.81. The number of benzene rings is 1. The fourth-order valence-electron chi connectivity index (χ4n) is 1.93. The van der Waals surface area contributed by atoms with Gasteiger partial charge in [-0.05, 0) is 32.0 Å². The summed E-state index contributed by atoms with van der Waals surface area (Å²) in [5.74, 6) is -0.178. The number of ether oxygens (including phenoxy) is 1. The minimum Gasteiger partial charge on any atom is -0.377 e. The predicted octanol–water partition coefficient (Wildman–Crippen LogP) is 2.80. The molecule has 108 valence electrons. The van der Waals surface area contributed by atoms with E-state index < -0.39 is 0 Å². The topological polar surface area (TPSA) is 24.5 Å². The van der Waals surface area contributed by atoms with Gasteiger partial charge in [-0.1, -0.05) is 19.1 Å². The first-order chi connectivity index (χ1) is 9.06. The van der Waals surface area contributed by atoms with Gasteiger partial charge in [0.25, 0.3) is 0 Å². The highest BCUT2D eigenvalue weighted by Gasteiger charge is 2.12. The fourth-order valence-corrected chi connectivity index (χ4v) is 1.93. The Hall–Kier alpha value is -1.13. The molecule has 19 heavy (non-hydrogen) atoms. The summed E-state index contributed by atoms with van der Waals surface area (Å²) < 4.78 is 19.5. The first-order valence-corrected chi connectivity index (χ1v) is 6.87. The van der Waals surface area contributed by atoms with Gasteiger partial charge in [0.1, 0.15) is 5.82 Å². The Bertz CT molecular complexity index is 382. The quantitative estimate of drug-likeness (QED) is 0.784. The molecule has 0 fully saturated rings. The lowest BCUT2D eigenvalue weighted by atomic mass is 10.1. The van der Waals surface area contributed by atoms with Crippen LogP contribution in [-0.4, -0.2) is 32.8 Å². The van der Waals surface area contributed by atoms with Gasteiger partial charge in [-0.15, -0.1) is 0 Å². The molecule has 0 unspecified atom stereocenters. The molecule has 1 aromatic rings. The van der Waals surface area contributed by atoms with Crippen molar-refractivity contribution in [2.75, 3.05) is 31.6 Å². The average molecular weight is 268 g/mol. The van der Waals surface area contributed by atoms with E-state index in [2.05, 4.69) is 5.32 Å². The maximum absolute atomic E-state index is 14.0. The van der Waals surface area contributed by atoms with Crippen molar-refractivity contribution < 1.29 is 9.13 Å². The van der Waals surface area contributed by atoms with Crippen LogP contribution in [0.5, 0.6) is 0 Å². The number of anilines is 1. The highest BCUT2D eigenvalue weighted by molar-refractivity contribution is 5.54. The number of halogens is 1. The molecule has 0 radical (unpaired) electrons. The van der Waals surface area contributed by atoms with Crippen LogP contribution in [0.3, 0.4) is 0 Å². The van der Waals surface area contributed by atoms with E-state index in [-0.39, 0.29) is 11.9 Å². The molecule has 0 bridgehead atoms. The van der Waals surface area contributed by atoms with Gasteiger partial charge in [0, 0.05) is 20.1 Å². The summed E-state index contributed by atoms with van der Waals surface area (Å²) in [5.41, 5.74) is 1.64. The first kappa shape index (κ1) is 15.9. The lowest BCUT2D eigenvalue weighted by molar-refractivity contribution is 0.0845.